The second kappa shape index (κ2) is 6.53. The van der Waals surface area contributed by atoms with E-state index in [4.69, 9.17) is 0 Å². The molecule has 0 aliphatic carbocycles. The van der Waals surface area contributed by atoms with E-state index in [0.29, 0.717) is 6.04 Å². The minimum Gasteiger partial charge on any atom is -0.349 e. The van der Waals surface area contributed by atoms with Gasteiger partial charge in [0.05, 0.1) is 0 Å². The summed E-state index contributed by atoms with van der Waals surface area (Å²) in [6, 6.07) is 7.14. The molecule has 1 aromatic heterocycles. The first kappa shape index (κ1) is 13.8. The second-order valence-corrected chi connectivity index (χ2v) is 5.24. The molecule has 1 atom stereocenters. The highest BCUT2D eigenvalue weighted by atomic mass is 14.9. The zero-order valence-corrected chi connectivity index (χ0v) is 12.0. The zero-order chi connectivity index (χ0) is 13.7. The van der Waals surface area contributed by atoms with E-state index in [2.05, 4.69) is 54.3 Å². The van der Waals surface area contributed by atoms with Crippen LogP contribution in [0.25, 0.3) is 0 Å². The number of nitrogens with one attached hydrogen (secondary N) is 2. The summed E-state index contributed by atoms with van der Waals surface area (Å²) in [5.74, 6) is 1.07. The Morgan fingerprint density at radius 3 is 2.58 bits per heavy atom. The summed E-state index contributed by atoms with van der Waals surface area (Å²) >= 11 is 0. The van der Waals surface area contributed by atoms with Crippen molar-refractivity contribution in [1.29, 1.82) is 0 Å². The van der Waals surface area contributed by atoms with E-state index in [1.165, 1.54) is 16.7 Å². The van der Waals surface area contributed by atoms with E-state index in [1.807, 2.05) is 6.20 Å². The maximum Gasteiger partial charge on any atom is 0.106 e. The lowest BCUT2D eigenvalue weighted by atomic mass is 10.0. The van der Waals surface area contributed by atoms with Crippen LogP contribution in [0.1, 0.15) is 41.9 Å². The molecule has 0 aliphatic rings. The van der Waals surface area contributed by atoms with Crippen LogP contribution < -0.4 is 5.32 Å². The van der Waals surface area contributed by atoms with Crippen LogP contribution in [0.4, 0.5) is 0 Å². The van der Waals surface area contributed by atoms with Gasteiger partial charge < -0.3 is 10.3 Å². The Hall–Kier alpha value is -1.61. The van der Waals surface area contributed by atoms with Crippen LogP contribution in [0.2, 0.25) is 0 Å². The van der Waals surface area contributed by atoms with Gasteiger partial charge in [0.2, 0.25) is 0 Å². The van der Waals surface area contributed by atoms with Gasteiger partial charge in [-0.25, -0.2) is 4.98 Å². The van der Waals surface area contributed by atoms with Gasteiger partial charge in [-0.05, 0) is 39.3 Å². The highest BCUT2D eigenvalue weighted by Crippen LogP contribution is 2.16. The molecule has 3 heteroatoms. The van der Waals surface area contributed by atoms with E-state index >= 15 is 0 Å². The first-order valence-electron chi connectivity index (χ1n) is 6.95. The summed E-state index contributed by atoms with van der Waals surface area (Å²) in [5.41, 5.74) is 4.04. The predicted octanol–water partition coefficient (Wildman–Crippen LogP) is 3.31. The Kier molecular flexibility index (Phi) is 4.74. The Morgan fingerprint density at radius 2 is 1.95 bits per heavy atom. The monoisotopic (exact) mass is 257 g/mol. The highest BCUT2D eigenvalue weighted by molar-refractivity contribution is 5.30. The third kappa shape index (κ3) is 4.21. The Labute approximate surface area is 115 Å². The number of imidazole rings is 1. The number of aryl methyl sites for hydroxylation is 3. The van der Waals surface area contributed by atoms with Crippen molar-refractivity contribution < 1.29 is 0 Å². The average Bonchev–Trinajstić information content (AvgIpc) is 2.86. The van der Waals surface area contributed by atoms with E-state index in [9.17, 15) is 0 Å². The SMILES string of the molecule is Cc1cc(C)cc(C(C)NCCCc2ncc[nH]2)c1. The maximum absolute atomic E-state index is 4.23. The fraction of sp³-hybridized carbons (Fsp3) is 0.438. The predicted molar refractivity (Wildman–Crippen MR) is 79.2 cm³/mol. The molecule has 1 aromatic carbocycles. The summed E-state index contributed by atoms with van der Waals surface area (Å²) in [6.45, 7) is 7.54. The first-order chi connectivity index (χ1) is 9.15. The minimum atomic E-state index is 0.398. The normalized spacial score (nSPS) is 12.6. The third-order valence-corrected chi connectivity index (χ3v) is 3.34. The van der Waals surface area contributed by atoms with Crippen molar-refractivity contribution in [2.75, 3.05) is 6.54 Å². The van der Waals surface area contributed by atoms with Crippen molar-refractivity contribution in [1.82, 2.24) is 15.3 Å². The molecule has 0 amide bonds. The molecular weight excluding hydrogens is 234 g/mol. The van der Waals surface area contributed by atoms with Gasteiger partial charge in [-0.3, -0.25) is 0 Å². The van der Waals surface area contributed by atoms with Crippen LogP contribution in [-0.2, 0) is 6.42 Å². The zero-order valence-electron chi connectivity index (χ0n) is 12.0. The van der Waals surface area contributed by atoms with Crippen molar-refractivity contribution in [3.05, 3.63) is 53.1 Å². The summed E-state index contributed by atoms with van der Waals surface area (Å²) in [5, 5.41) is 3.57. The van der Waals surface area contributed by atoms with Gasteiger partial charge in [0.15, 0.2) is 0 Å². The fourth-order valence-electron chi connectivity index (χ4n) is 2.39. The van der Waals surface area contributed by atoms with Gasteiger partial charge in [0.25, 0.3) is 0 Å². The molecular formula is C16H23N3. The van der Waals surface area contributed by atoms with Gasteiger partial charge in [0, 0.05) is 24.9 Å². The molecule has 2 aromatic rings. The molecule has 19 heavy (non-hydrogen) atoms. The second-order valence-electron chi connectivity index (χ2n) is 5.24. The summed E-state index contributed by atoms with van der Waals surface area (Å²) < 4.78 is 0. The highest BCUT2D eigenvalue weighted by Gasteiger charge is 2.05. The van der Waals surface area contributed by atoms with Crippen LogP contribution >= 0.6 is 0 Å². The largest absolute Gasteiger partial charge is 0.349 e. The van der Waals surface area contributed by atoms with Crippen molar-refractivity contribution >= 4 is 0 Å². The molecule has 3 nitrogen and oxygen atoms in total. The quantitative estimate of drug-likeness (QED) is 0.779. The van der Waals surface area contributed by atoms with Crippen LogP contribution in [0.3, 0.4) is 0 Å². The van der Waals surface area contributed by atoms with Crippen LogP contribution in [0, 0.1) is 13.8 Å². The average molecular weight is 257 g/mol. The van der Waals surface area contributed by atoms with Crippen molar-refractivity contribution in [3.63, 3.8) is 0 Å². The number of hydrogen-bond donors (Lipinski definition) is 2. The van der Waals surface area contributed by atoms with Crippen LogP contribution in [-0.4, -0.2) is 16.5 Å². The summed E-state index contributed by atoms with van der Waals surface area (Å²) in [4.78, 5) is 7.36. The molecule has 2 N–H and O–H groups in total. The lowest BCUT2D eigenvalue weighted by Gasteiger charge is -2.15. The number of rotatable bonds is 6. The number of aromatic nitrogens is 2. The topological polar surface area (TPSA) is 40.7 Å². The number of nitrogens with zero attached hydrogens (tertiary/aromatic N) is 1. The molecule has 0 spiro atoms. The minimum absolute atomic E-state index is 0.398. The molecule has 0 bridgehead atoms. The number of aromatic amines is 1. The van der Waals surface area contributed by atoms with Crippen molar-refractivity contribution in [2.24, 2.45) is 0 Å². The van der Waals surface area contributed by atoms with E-state index in [0.717, 1.165) is 25.2 Å². The third-order valence-electron chi connectivity index (χ3n) is 3.34. The maximum atomic E-state index is 4.23. The molecule has 0 aliphatic heterocycles. The molecule has 0 saturated heterocycles. The first-order valence-corrected chi connectivity index (χ1v) is 6.95. The number of H-pyrrole nitrogens is 1. The van der Waals surface area contributed by atoms with Crippen molar-refractivity contribution in [3.8, 4) is 0 Å². The van der Waals surface area contributed by atoms with Gasteiger partial charge in [-0.1, -0.05) is 29.3 Å². The van der Waals surface area contributed by atoms with Crippen molar-refractivity contribution in [2.45, 2.75) is 39.7 Å². The van der Waals surface area contributed by atoms with Crippen LogP contribution in [0.5, 0.6) is 0 Å². The molecule has 1 heterocycles. The smallest absolute Gasteiger partial charge is 0.106 e. The molecule has 2 rings (SSSR count). The lowest BCUT2D eigenvalue weighted by Crippen LogP contribution is -2.20. The van der Waals surface area contributed by atoms with Gasteiger partial charge in [-0.15, -0.1) is 0 Å². The molecule has 0 radical (unpaired) electrons. The molecule has 102 valence electrons. The Bertz CT molecular complexity index is 482. The summed E-state index contributed by atoms with van der Waals surface area (Å²) in [7, 11) is 0. The Morgan fingerprint density at radius 1 is 1.21 bits per heavy atom. The van der Waals surface area contributed by atoms with E-state index in [-0.39, 0.29) is 0 Å². The molecule has 1 unspecified atom stereocenters. The summed E-state index contributed by atoms with van der Waals surface area (Å²) in [6.07, 6.45) is 5.78. The van der Waals surface area contributed by atoms with Gasteiger partial charge in [0.1, 0.15) is 5.82 Å². The standard InChI is InChI=1S/C16H23N3/c1-12-9-13(2)11-15(10-12)14(3)17-6-4-5-16-18-7-8-19-16/h7-11,14,17H,4-6H2,1-3H3,(H,18,19). The molecule has 0 fully saturated rings. The van der Waals surface area contributed by atoms with Gasteiger partial charge >= 0.3 is 0 Å². The lowest BCUT2D eigenvalue weighted by molar-refractivity contribution is 0.554. The van der Waals surface area contributed by atoms with Gasteiger partial charge in [-0.2, -0.15) is 0 Å². The van der Waals surface area contributed by atoms with Crippen LogP contribution in [0.15, 0.2) is 30.6 Å². The number of benzene rings is 1. The van der Waals surface area contributed by atoms with E-state index in [1.54, 1.807) is 6.20 Å². The fourth-order valence-corrected chi connectivity index (χ4v) is 2.39. The molecule has 0 saturated carbocycles. The number of hydrogen-bond acceptors (Lipinski definition) is 2. The van der Waals surface area contributed by atoms with E-state index < -0.39 is 0 Å². The Balaban J connectivity index is 1.79.